The molecule has 0 bridgehead atoms. The molecule has 0 aliphatic carbocycles. The van der Waals surface area contributed by atoms with E-state index in [1.807, 2.05) is 0 Å². The molecule has 0 radical (unpaired) electrons. The van der Waals surface area contributed by atoms with Gasteiger partial charge in [-0.15, -0.1) is 11.6 Å². The molecule has 3 rings (SSSR count). The molecule has 2 atom stereocenters. The van der Waals surface area contributed by atoms with Gasteiger partial charge in [0.1, 0.15) is 4.87 Å². The third-order valence-corrected chi connectivity index (χ3v) is 8.62. The fourth-order valence-electron chi connectivity index (χ4n) is 5.75. The van der Waals surface area contributed by atoms with Crippen molar-refractivity contribution in [3.8, 4) is 0 Å². The van der Waals surface area contributed by atoms with Crippen LogP contribution in [0.1, 0.15) is 126 Å². The van der Waals surface area contributed by atoms with Gasteiger partial charge in [-0.3, -0.25) is 0 Å². The predicted octanol–water partition coefficient (Wildman–Crippen LogP) is 11.9. The quantitative estimate of drug-likeness (QED) is 0.0790. The minimum Gasteiger partial charge on any atom is -0.153 e. The Hall–Kier alpha value is -1.62. The van der Waals surface area contributed by atoms with Crippen molar-refractivity contribution < 1.29 is 0 Å². The minimum atomic E-state index is -0.583. The van der Waals surface area contributed by atoms with E-state index in [2.05, 4.69) is 97.9 Å². The Bertz CT molecular complexity index is 901. The van der Waals surface area contributed by atoms with E-state index in [1.165, 1.54) is 107 Å². The zero-order valence-electron chi connectivity index (χ0n) is 23.9. The Morgan fingerprint density at radius 3 is 1.24 bits per heavy atom. The Kier molecular flexibility index (Phi) is 16.7. The zero-order chi connectivity index (χ0) is 26.0. The van der Waals surface area contributed by atoms with Crippen molar-refractivity contribution in [3.05, 3.63) is 108 Å². The van der Waals surface area contributed by atoms with E-state index in [0.717, 1.165) is 6.42 Å². The highest BCUT2D eigenvalue weighted by atomic mass is 35.5. The molecule has 0 fully saturated rings. The van der Waals surface area contributed by atoms with Gasteiger partial charge in [-0.2, -0.15) is 9.90 Å². The first-order valence-electron chi connectivity index (χ1n) is 15.1. The van der Waals surface area contributed by atoms with Crippen LogP contribution in [0.2, 0.25) is 0 Å². The van der Waals surface area contributed by atoms with Gasteiger partial charge >= 0.3 is 0 Å². The molecular weight excluding hydrogens is 499 g/mol. The van der Waals surface area contributed by atoms with E-state index in [4.69, 9.17) is 11.6 Å². The highest BCUT2D eigenvalue weighted by Gasteiger charge is 2.40. The average molecular weight is 551 g/mol. The van der Waals surface area contributed by atoms with Crippen LogP contribution >= 0.6 is 21.5 Å². The summed E-state index contributed by atoms with van der Waals surface area (Å²) in [6.07, 6.45) is 20.5. The molecule has 0 N–H and O–H groups in total. The van der Waals surface area contributed by atoms with Crippen molar-refractivity contribution >= 4 is 21.5 Å². The van der Waals surface area contributed by atoms with E-state index < -0.39 is 4.87 Å². The number of unbranched alkanes of at least 4 members (excludes halogenated alkanes) is 13. The van der Waals surface area contributed by atoms with Crippen LogP contribution in [-0.4, -0.2) is 0 Å². The van der Waals surface area contributed by atoms with E-state index in [1.54, 1.807) is 0 Å². The van der Waals surface area contributed by atoms with Gasteiger partial charge < -0.3 is 0 Å². The van der Waals surface area contributed by atoms with Gasteiger partial charge in [0.05, 0.1) is 0 Å². The van der Waals surface area contributed by atoms with Crippen LogP contribution in [0, 0.1) is 0 Å². The summed E-state index contributed by atoms with van der Waals surface area (Å²) < 4.78 is 0. The number of hydrogen-bond acceptors (Lipinski definition) is 0. The first-order valence-corrected chi connectivity index (χ1v) is 15.5. The molecule has 2 heteroatoms. The van der Waals surface area contributed by atoms with E-state index in [-0.39, 0.29) is 15.8 Å². The van der Waals surface area contributed by atoms with Crippen LogP contribution in [0.15, 0.2) is 91.0 Å². The van der Waals surface area contributed by atoms with Gasteiger partial charge in [0.15, 0.2) is 0 Å². The molecule has 208 valence electrons. The number of rotatable bonds is 19. The summed E-state index contributed by atoms with van der Waals surface area (Å²) >= 11 is 7.75. The average Bonchev–Trinajstić information content (AvgIpc) is 2.96. The fourth-order valence-corrected chi connectivity index (χ4v) is 6.24. The smallest absolute Gasteiger partial charge is 0.101 e. The molecule has 0 saturated carbocycles. The van der Waals surface area contributed by atoms with Gasteiger partial charge in [0, 0.05) is 5.92 Å². The third-order valence-electron chi connectivity index (χ3n) is 7.92. The second kappa shape index (κ2) is 19.4. The zero-order valence-corrected chi connectivity index (χ0v) is 26.1. The normalized spacial score (nSPS) is 12.2. The van der Waals surface area contributed by atoms with Crippen molar-refractivity contribution in [2.45, 2.75) is 114 Å². The largest absolute Gasteiger partial charge is 0.153 e. The Balaban J connectivity index is 0.00000507. The summed E-state index contributed by atoms with van der Waals surface area (Å²) in [5, 5.41) is 0. The molecule has 0 aliphatic rings. The summed E-state index contributed by atoms with van der Waals surface area (Å²) in [7, 11) is 0. The van der Waals surface area contributed by atoms with Crippen molar-refractivity contribution in [2.24, 2.45) is 0 Å². The van der Waals surface area contributed by atoms with Crippen LogP contribution in [0.3, 0.4) is 0 Å². The SMILES string of the molecule is CCCCCCCCCCCCCCCCC(c1ccccc1)C(Cl)(c1ccccc1)c1ccccc1.P. The Labute approximate surface area is 242 Å². The number of alkyl halides is 1. The van der Waals surface area contributed by atoms with Gasteiger partial charge in [0.2, 0.25) is 0 Å². The lowest BCUT2D eigenvalue weighted by molar-refractivity contribution is 0.471. The van der Waals surface area contributed by atoms with Crippen LogP contribution in [0.4, 0.5) is 0 Å². The molecule has 0 aromatic heterocycles. The standard InChI is InChI=1S/C36H49Cl.H3P/c1-2-3-4-5-6-7-8-9-10-11-12-13-14-24-31-35(32-25-18-15-19-26-32)36(37,33-27-20-16-21-28-33)34-29-22-17-23-30-34;/h15-23,25-30,35H,2-14,24,31H2,1H3;1H3. The lowest BCUT2D eigenvalue weighted by Crippen LogP contribution is -2.29. The molecule has 0 heterocycles. The summed E-state index contributed by atoms with van der Waals surface area (Å²) in [6.45, 7) is 2.29. The summed E-state index contributed by atoms with van der Waals surface area (Å²) in [6, 6.07) is 32.3. The maximum absolute atomic E-state index is 7.75. The molecule has 0 amide bonds. The maximum atomic E-state index is 7.75. The number of benzene rings is 3. The van der Waals surface area contributed by atoms with Crippen molar-refractivity contribution in [2.75, 3.05) is 0 Å². The summed E-state index contributed by atoms with van der Waals surface area (Å²) in [5.74, 6) is 0.220. The predicted molar refractivity (Wildman–Crippen MR) is 175 cm³/mol. The number of halogens is 1. The molecule has 0 nitrogen and oxygen atoms in total. The molecule has 2 unspecified atom stereocenters. The van der Waals surface area contributed by atoms with Gasteiger partial charge in [-0.05, 0) is 23.1 Å². The van der Waals surface area contributed by atoms with E-state index in [0.29, 0.717) is 0 Å². The summed E-state index contributed by atoms with van der Waals surface area (Å²) in [5.41, 5.74) is 3.70. The third kappa shape index (κ3) is 10.5. The number of hydrogen-bond donors (Lipinski definition) is 0. The second-order valence-corrected chi connectivity index (χ2v) is 11.4. The Morgan fingerprint density at radius 2 is 0.842 bits per heavy atom. The van der Waals surface area contributed by atoms with Gasteiger partial charge in [-0.1, -0.05) is 188 Å². The molecule has 3 aromatic carbocycles. The topological polar surface area (TPSA) is 0 Å². The molecule has 3 aromatic rings. The maximum Gasteiger partial charge on any atom is 0.101 e. The highest BCUT2D eigenvalue weighted by molar-refractivity contribution is 6.92. The molecule has 0 aliphatic heterocycles. The van der Waals surface area contributed by atoms with Gasteiger partial charge in [0.25, 0.3) is 0 Å². The Morgan fingerprint density at radius 1 is 0.500 bits per heavy atom. The first-order chi connectivity index (χ1) is 18.3. The lowest BCUT2D eigenvalue weighted by atomic mass is 9.74. The van der Waals surface area contributed by atoms with Crippen molar-refractivity contribution in [1.82, 2.24) is 0 Å². The van der Waals surface area contributed by atoms with Crippen LogP contribution in [0.25, 0.3) is 0 Å². The molecular formula is C36H52ClP. The van der Waals surface area contributed by atoms with Crippen molar-refractivity contribution in [3.63, 3.8) is 0 Å². The summed E-state index contributed by atoms with van der Waals surface area (Å²) in [4.78, 5) is -0.583. The minimum absolute atomic E-state index is 0. The molecule has 0 saturated heterocycles. The first kappa shape index (κ1) is 32.6. The van der Waals surface area contributed by atoms with E-state index in [9.17, 15) is 0 Å². The highest BCUT2D eigenvalue weighted by Crippen LogP contribution is 2.50. The second-order valence-electron chi connectivity index (χ2n) is 10.8. The van der Waals surface area contributed by atoms with Crippen molar-refractivity contribution in [1.29, 1.82) is 0 Å². The van der Waals surface area contributed by atoms with Crippen LogP contribution in [0.5, 0.6) is 0 Å². The van der Waals surface area contributed by atoms with E-state index >= 15 is 0 Å². The van der Waals surface area contributed by atoms with Crippen LogP contribution < -0.4 is 0 Å². The molecule has 38 heavy (non-hydrogen) atoms. The molecule has 0 spiro atoms. The van der Waals surface area contributed by atoms with Crippen LogP contribution in [-0.2, 0) is 4.87 Å². The fraction of sp³-hybridized carbons (Fsp3) is 0.500. The van der Waals surface area contributed by atoms with Gasteiger partial charge in [-0.25, -0.2) is 0 Å². The monoisotopic (exact) mass is 550 g/mol. The lowest BCUT2D eigenvalue weighted by Gasteiger charge is -2.37.